The lowest BCUT2D eigenvalue weighted by Crippen LogP contribution is -2.29. The molecule has 2 aromatic rings. The van der Waals surface area contributed by atoms with Crippen molar-refractivity contribution in [1.29, 1.82) is 0 Å². The van der Waals surface area contributed by atoms with Gasteiger partial charge in [0.15, 0.2) is 0 Å². The third-order valence-corrected chi connectivity index (χ3v) is 4.05. The van der Waals surface area contributed by atoms with E-state index in [4.69, 9.17) is 0 Å². The first kappa shape index (κ1) is 15.9. The van der Waals surface area contributed by atoms with E-state index in [1.54, 1.807) is 41.6 Å². The molecule has 2 aliphatic rings. The van der Waals surface area contributed by atoms with Gasteiger partial charge in [-0.25, -0.2) is 8.78 Å². The number of hydrogen-bond acceptors (Lipinski definition) is 4. The zero-order chi connectivity index (χ0) is 18.1. The Morgan fingerprint density at radius 1 is 1.27 bits per heavy atom. The van der Waals surface area contributed by atoms with Crippen LogP contribution < -0.4 is 15.6 Å². The van der Waals surface area contributed by atoms with Gasteiger partial charge >= 0.3 is 0 Å². The number of aromatic nitrogens is 2. The Kier molecular flexibility index (Phi) is 3.92. The Labute approximate surface area is 147 Å². The number of carbonyl (C=O) groups is 1. The molecule has 1 aromatic carbocycles. The molecular weight excluding hydrogens is 340 g/mol. The quantitative estimate of drug-likeness (QED) is 0.885. The van der Waals surface area contributed by atoms with Gasteiger partial charge in [0.05, 0.1) is 11.9 Å². The van der Waals surface area contributed by atoms with Gasteiger partial charge in [0.25, 0.3) is 18.1 Å². The fraction of sp³-hybridized carbons (Fsp3) is 0.0556. The predicted octanol–water partition coefficient (Wildman–Crippen LogP) is 2.01. The van der Waals surface area contributed by atoms with Crippen LogP contribution in [0.3, 0.4) is 0 Å². The molecule has 130 valence electrons. The van der Waals surface area contributed by atoms with E-state index in [1.165, 1.54) is 18.5 Å². The topological polar surface area (TPSA) is 71.4 Å². The lowest BCUT2D eigenvalue weighted by Gasteiger charge is -2.26. The normalized spacial score (nSPS) is 17.9. The van der Waals surface area contributed by atoms with Crippen LogP contribution in [0.15, 0.2) is 72.6 Å². The van der Waals surface area contributed by atoms with E-state index >= 15 is 0 Å². The number of allylic oxidation sites excluding steroid dienone is 3. The van der Waals surface area contributed by atoms with Gasteiger partial charge in [-0.15, -0.1) is 0 Å². The Balaban J connectivity index is 1.66. The van der Waals surface area contributed by atoms with Crippen molar-refractivity contribution in [2.75, 3.05) is 5.32 Å². The first-order valence-electron chi connectivity index (χ1n) is 7.86. The minimum Gasteiger partial charge on any atom is -0.355 e. The highest BCUT2D eigenvalue weighted by atomic mass is 19.1. The smallest absolute Gasteiger partial charge is 0.286 e. The van der Waals surface area contributed by atoms with Gasteiger partial charge in [-0.2, -0.15) is 0 Å². The van der Waals surface area contributed by atoms with Gasteiger partial charge in [-0.3, -0.25) is 15.1 Å². The number of nitrogens with one attached hydrogen (secondary N) is 3. The number of fused-ring (bicyclic) bond motifs is 1. The van der Waals surface area contributed by atoms with E-state index in [2.05, 4.69) is 20.6 Å². The maximum Gasteiger partial charge on any atom is 0.286 e. The molecule has 1 aromatic heterocycles. The fourth-order valence-electron chi connectivity index (χ4n) is 2.88. The Bertz CT molecular complexity index is 955. The van der Waals surface area contributed by atoms with Gasteiger partial charge in [0.2, 0.25) is 0 Å². The molecule has 1 amide bonds. The van der Waals surface area contributed by atoms with Crippen molar-refractivity contribution in [3.05, 3.63) is 89.8 Å². The highest BCUT2D eigenvalue weighted by Crippen LogP contribution is 2.35. The van der Waals surface area contributed by atoms with Crippen molar-refractivity contribution in [2.45, 2.75) is 6.17 Å². The average molecular weight is 354 g/mol. The third-order valence-electron chi connectivity index (χ3n) is 4.05. The highest BCUT2D eigenvalue weighted by Gasteiger charge is 2.35. The molecule has 3 heterocycles. The Morgan fingerprint density at radius 3 is 2.92 bits per heavy atom. The van der Waals surface area contributed by atoms with Gasteiger partial charge in [-0.1, -0.05) is 6.08 Å². The number of aromatic amines is 1. The lowest BCUT2D eigenvalue weighted by molar-refractivity contribution is -0.382. The minimum atomic E-state index is -0.688. The number of nitrogens with zero attached hydrogens (tertiary/aromatic N) is 2. The number of rotatable bonds is 3. The summed E-state index contributed by atoms with van der Waals surface area (Å²) in [6, 6.07) is 4.99. The van der Waals surface area contributed by atoms with Gasteiger partial charge in [-0.05, 0) is 29.3 Å². The van der Waals surface area contributed by atoms with Crippen LogP contribution in [0.5, 0.6) is 0 Å². The molecule has 0 saturated carbocycles. The standard InChI is InChI=1S/C18H13F2N5O/c19-11-4-5-12(13(20)9-11)17-24-16(14-3-1-2-8-25(14)17)18(26)23-15-6-7-21-10-22-15/h1-10,17,24H,(H,21,22,23,26)/p+1. The second kappa shape index (κ2) is 6.40. The van der Waals surface area contributed by atoms with Crippen molar-refractivity contribution in [1.82, 2.24) is 15.2 Å². The van der Waals surface area contributed by atoms with Crippen LogP contribution >= 0.6 is 0 Å². The maximum atomic E-state index is 14.3. The van der Waals surface area contributed by atoms with E-state index in [9.17, 15) is 13.6 Å². The summed E-state index contributed by atoms with van der Waals surface area (Å²) in [5.74, 6) is -1.38. The summed E-state index contributed by atoms with van der Waals surface area (Å²) in [6.07, 6.45) is 9.44. The molecule has 1 atom stereocenters. The molecule has 6 nitrogen and oxygen atoms in total. The summed E-state index contributed by atoms with van der Waals surface area (Å²) in [5.41, 5.74) is 1.09. The van der Waals surface area contributed by atoms with Gasteiger partial charge in [0.1, 0.15) is 23.5 Å². The predicted molar refractivity (Wildman–Crippen MR) is 88.8 cm³/mol. The summed E-state index contributed by atoms with van der Waals surface area (Å²) >= 11 is 0. The van der Waals surface area contributed by atoms with Crippen molar-refractivity contribution in [2.24, 2.45) is 0 Å². The second-order valence-corrected chi connectivity index (χ2v) is 5.68. The number of halogens is 2. The molecule has 0 fully saturated rings. The first-order valence-corrected chi connectivity index (χ1v) is 7.86. The summed E-state index contributed by atoms with van der Waals surface area (Å²) in [6.45, 7) is 0. The number of anilines is 1. The molecule has 4 rings (SSSR count). The molecule has 1 unspecified atom stereocenters. The molecular formula is C18H14F2N5O+. The Hall–Kier alpha value is -3.55. The van der Waals surface area contributed by atoms with Crippen LogP contribution in [0.25, 0.3) is 0 Å². The van der Waals surface area contributed by atoms with Crippen LogP contribution in [0.4, 0.5) is 14.6 Å². The number of hydrogen-bond donors (Lipinski definition) is 2. The number of H-pyrrole nitrogens is 1. The molecule has 0 aliphatic carbocycles. The summed E-state index contributed by atoms with van der Waals surface area (Å²) in [5, 5.41) is 5.71. The summed E-state index contributed by atoms with van der Waals surface area (Å²) in [7, 11) is 0. The zero-order valence-corrected chi connectivity index (χ0v) is 13.4. The second-order valence-electron chi connectivity index (χ2n) is 5.68. The SMILES string of the molecule is O=C(Nc1cc[nH+]cn1)C1=C2C=CC=CN2C(c2ccc(F)cc2F)N1. The van der Waals surface area contributed by atoms with Crippen molar-refractivity contribution >= 4 is 11.7 Å². The Morgan fingerprint density at radius 2 is 2.15 bits per heavy atom. The molecule has 0 bridgehead atoms. The maximum absolute atomic E-state index is 14.3. The van der Waals surface area contributed by atoms with Crippen molar-refractivity contribution in [3.63, 3.8) is 0 Å². The van der Waals surface area contributed by atoms with E-state index in [1.807, 2.05) is 0 Å². The summed E-state index contributed by atoms with van der Waals surface area (Å²) in [4.78, 5) is 21.2. The van der Waals surface area contributed by atoms with Crippen LogP contribution in [0, 0.1) is 11.6 Å². The van der Waals surface area contributed by atoms with Crippen LogP contribution in [0.1, 0.15) is 11.7 Å². The van der Waals surface area contributed by atoms with Crippen LogP contribution in [0.2, 0.25) is 0 Å². The highest BCUT2D eigenvalue weighted by molar-refractivity contribution is 6.04. The lowest BCUT2D eigenvalue weighted by atomic mass is 10.1. The van der Waals surface area contributed by atoms with Crippen molar-refractivity contribution < 1.29 is 18.6 Å². The number of benzene rings is 1. The third kappa shape index (κ3) is 2.81. The molecule has 0 spiro atoms. The molecule has 2 aliphatic heterocycles. The first-order chi connectivity index (χ1) is 12.6. The minimum absolute atomic E-state index is 0.235. The molecule has 0 radical (unpaired) electrons. The van der Waals surface area contributed by atoms with Crippen LogP contribution in [-0.4, -0.2) is 15.8 Å². The number of carbonyl (C=O) groups excluding carboxylic acids is 1. The number of amides is 1. The molecule has 3 N–H and O–H groups in total. The zero-order valence-electron chi connectivity index (χ0n) is 13.4. The molecule has 26 heavy (non-hydrogen) atoms. The van der Waals surface area contributed by atoms with E-state index in [0.29, 0.717) is 11.5 Å². The van der Waals surface area contributed by atoms with Gasteiger partial charge < -0.3 is 10.2 Å². The molecule has 8 heteroatoms. The monoisotopic (exact) mass is 354 g/mol. The van der Waals surface area contributed by atoms with Crippen molar-refractivity contribution in [3.8, 4) is 0 Å². The van der Waals surface area contributed by atoms with E-state index in [0.717, 1.165) is 6.07 Å². The van der Waals surface area contributed by atoms with E-state index in [-0.39, 0.29) is 11.3 Å². The van der Waals surface area contributed by atoms with Gasteiger partial charge in [0, 0.05) is 23.9 Å². The largest absolute Gasteiger partial charge is 0.355 e. The molecule has 0 saturated heterocycles. The van der Waals surface area contributed by atoms with E-state index < -0.39 is 23.7 Å². The average Bonchev–Trinajstić information content (AvgIpc) is 3.02. The fourth-order valence-corrected chi connectivity index (χ4v) is 2.88. The van der Waals surface area contributed by atoms with Crippen LogP contribution in [-0.2, 0) is 4.79 Å². The summed E-state index contributed by atoms with van der Waals surface area (Å²) < 4.78 is 27.5.